The van der Waals surface area contributed by atoms with Gasteiger partial charge in [-0.1, -0.05) is 0 Å². The van der Waals surface area contributed by atoms with Gasteiger partial charge in [0.15, 0.2) is 0 Å². The van der Waals surface area contributed by atoms with E-state index in [9.17, 15) is 0 Å². The zero-order chi connectivity index (χ0) is 18.7. The number of hydrogen-bond acceptors (Lipinski definition) is 1. The molecule has 0 radical (unpaired) electrons. The Hall–Kier alpha value is -0.600. The van der Waals surface area contributed by atoms with Crippen LogP contribution < -0.4 is 15.9 Å². The van der Waals surface area contributed by atoms with Gasteiger partial charge in [-0.2, -0.15) is 0 Å². The molecule has 0 amide bonds. The van der Waals surface area contributed by atoms with Crippen molar-refractivity contribution >= 4 is 61.4 Å². The fourth-order valence-corrected chi connectivity index (χ4v) is 8.58. The molecule has 3 rings (SSSR count). The summed E-state index contributed by atoms with van der Waals surface area (Å²) in [7, 11) is -0.570. The molecule has 0 spiro atoms. The van der Waals surface area contributed by atoms with Crippen LogP contribution in [0.2, 0.25) is 0 Å². The van der Waals surface area contributed by atoms with Gasteiger partial charge in [-0.25, -0.2) is 0 Å². The van der Waals surface area contributed by atoms with E-state index < -0.39 is 7.26 Å². The first-order valence-corrected chi connectivity index (χ1v) is 15.6. The number of unbranched alkanes of at least 4 members (excludes halogenated alkanes) is 1. The van der Waals surface area contributed by atoms with Crippen LogP contribution in [-0.4, -0.2) is 6.16 Å². The predicted molar refractivity (Wildman–Crippen MR) is 132 cm³/mol. The fourth-order valence-electron chi connectivity index (χ4n) is 3.54. The van der Waals surface area contributed by atoms with Crippen LogP contribution in [0.15, 0.2) is 91.0 Å². The standard InChI is InChI=1S/C22H25P.Br2S/c1-2-3-19-23(20-13-7-4-8-14-20,21-15-9-5-10-16-21)22-17-11-6-12-18-22;1-3-2/h4-18,23H,2-3,19H2,1H3;. The molecule has 0 aliphatic rings. The number of halogens is 2. The maximum atomic E-state index is 2.98. The van der Waals surface area contributed by atoms with Crippen LogP contribution in [0, 0.1) is 0 Å². The average molecular weight is 512 g/mol. The first-order chi connectivity index (χ1) is 12.8. The number of rotatable bonds is 6. The molecule has 4 heteroatoms. The molecular weight excluding hydrogens is 487 g/mol. The minimum atomic E-state index is -1.94. The molecule has 3 aromatic rings. The molecule has 0 saturated carbocycles. The Morgan fingerprint density at radius 2 is 0.962 bits per heavy atom. The summed E-state index contributed by atoms with van der Waals surface area (Å²) in [5.74, 6) is 0. The van der Waals surface area contributed by atoms with Crippen LogP contribution in [-0.2, 0) is 0 Å². The van der Waals surface area contributed by atoms with E-state index in [-0.39, 0.29) is 0 Å². The summed E-state index contributed by atoms with van der Waals surface area (Å²) >= 11 is 5.96. The molecule has 0 nitrogen and oxygen atoms in total. The molecule has 0 aliphatic heterocycles. The molecule has 0 bridgehead atoms. The van der Waals surface area contributed by atoms with Gasteiger partial charge in [-0.15, -0.1) is 0 Å². The zero-order valence-corrected chi connectivity index (χ0v) is 19.9. The third-order valence-corrected chi connectivity index (χ3v) is 9.77. The second kappa shape index (κ2) is 12.0. The topological polar surface area (TPSA) is 0 Å². The van der Waals surface area contributed by atoms with E-state index in [1.807, 2.05) is 0 Å². The van der Waals surface area contributed by atoms with Crippen molar-refractivity contribution in [3.63, 3.8) is 0 Å². The first-order valence-electron chi connectivity index (χ1n) is 8.85. The van der Waals surface area contributed by atoms with Gasteiger partial charge in [0.05, 0.1) is 0 Å². The quantitative estimate of drug-likeness (QED) is 0.326. The Bertz CT molecular complexity index is 639. The summed E-state index contributed by atoms with van der Waals surface area (Å²) in [6.45, 7) is 2.29. The number of hydrogen-bond donors (Lipinski definition) is 0. The zero-order valence-electron chi connectivity index (χ0n) is 14.9. The van der Waals surface area contributed by atoms with Gasteiger partial charge in [0.25, 0.3) is 0 Å². The second-order valence-electron chi connectivity index (χ2n) is 6.17. The predicted octanol–water partition coefficient (Wildman–Crippen LogP) is 6.85. The molecule has 0 aromatic heterocycles. The Morgan fingerprint density at radius 1 is 0.654 bits per heavy atom. The molecule has 138 valence electrons. The summed E-state index contributed by atoms with van der Waals surface area (Å²) in [6, 6.07) is 33.5. The maximum absolute atomic E-state index is 2.98. The Morgan fingerprint density at radius 3 is 1.23 bits per heavy atom. The molecule has 0 aliphatic carbocycles. The van der Waals surface area contributed by atoms with Crippen LogP contribution in [0.1, 0.15) is 19.8 Å². The molecule has 0 fully saturated rings. The van der Waals surface area contributed by atoms with E-state index >= 15 is 0 Å². The van der Waals surface area contributed by atoms with E-state index in [0.717, 1.165) is 0 Å². The fraction of sp³-hybridized carbons (Fsp3) is 0.182. The molecule has 0 heterocycles. The molecular formula is C22H25Br2PS. The Kier molecular flexibility index (Phi) is 9.99. The van der Waals surface area contributed by atoms with Crippen molar-refractivity contribution < 1.29 is 0 Å². The van der Waals surface area contributed by atoms with Gasteiger partial charge in [0.1, 0.15) is 0 Å². The van der Waals surface area contributed by atoms with Gasteiger partial charge >= 0.3 is 140 Å². The molecule has 3 aromatic carbocycles. The van der Waals surface area contributed by atoms with Gasteiger partial charge in [0, 0.05) is 29.6 Å². The minimum absolute atomic E-state index is 1.24. The molecule has 0 saturated heterocycles. The van der Waals surface area contributed by atoms with Crippen LogP contribution in [0.4, 0.5) is 0 Å². The summed E-state index contributed by atoms with van der Waals surface area (Å²) < 4.78 is 0. The third-order valence-electron chi connectivity index (χ3n) is 4.71. The molecule has 26 heavy (non-hydrogen) atoms. The van der Waals surface area contributed by atoms with Crippen LogP contribution in [0.25, 0.3) is 0 Å². The summed E-state index contributed by atoms with van der Waals surface area (Å²) in [5, 5.41) is 4.56. The Balaban J connectivity index is 0.000000758. The Labute approximate surface area is 177 Å². The van der Waals surface area contributed by atoms with Crippen molar-refractivity contribution in [2.75, 3.05) is 6.16 Å². The van der Waals surface area contributed by atoms with E-state index in [1.165, 1.54) is 43.5 Å². The van der Waals surface area contributed by atoms with Crippen molar-refractivity contribution in [3.05, 3.63) is 91.0 Å². The van der Waals surface area contributed by atoms with Gasteiger partial charge in [0.2, 0.25) is 0 Å². The van der Waals surface area contributed by atoms with Crippen LogP contribution in [0.5, 0.6) is 0 Å². The van der Waals surface area contributed by atoms with Crippen molar-refractivity contribution in [2.24, 2.45) is 0 Å². The normalized spacial score (nSPS) is 11.3. The van der Waals surface area contributed by atoms with Gasteiger partial charge in [-0.05, 0) is 8.63 Å². The SMILES string of the molecule is BrSBr.CCCC[PH](c1ccccc1)(c1ccccc1)c1ccccc1. The van der Waals surface area contributed by atoms with E-state index in [1.54, 1.807) is 0 Å². The van der Waals surface area contributed by atoms with Crippen molar-refractivity contribution in [2.45, 2.75) is 19.8 Å². The molecule has 0 atom stereocenters. The van der Waals surface area contributed by atoms with Crippen molar-refractivity contribution in [1.29, 1.82) is 0 Å². The first kappa shape index (κ1) is 21.7. The summed E-state index contributed by atoms with van der Waals surface area (Å²) in [5.41, 5.74) is 0. The van der Waals surface area contributed by atoms with Gasteiger partial charge < -0.3 is 0 Å². The van der Waals surface area contributed by atoms with E-state index in [4.69, 9.17) is 0 Å². The summed E-state index contributed by atoms with van der Waals surface area (Å²) in [4.78, 5) is 0. The second-order valence-corrected chi connectivity index (χ2v) is 14.9. The monoisotopic (exact) mass is 510 g/mol. The van der Waals surface area contributed by atoms with Crippen molar-refractivity contribution in [1.82, 2.24) is 0 Å². The van der Waals surface area contributed by atoms with E-state index in [2.05, 4.69) is 128 Å². The average Bonchev–Trinajstić information content (AvgIpc) is 2.72. The van der Waals surface area contributed by atoms with Gasteiger partial charge in [-0.3, -0.25) is 0 Å². The van der Waals surface area contributed by atoms with Crippen LogP contribution in [0.3, 0.4) is 0 Å². The third kappa shape index (κ3) is 5.45. The summed E-state index contributed by atoms with van der Waals surface area (Å²) in [6.07, 6.45) is 3.77. The van der Waals surface area contributed by atoms with Crippen LogP contribution >= 0.6 is 45.5 Å². The van der Waals surface area contributed by atoms with Crippen molar-refractivity contribution in [3.8, 4) is 0 Å². The molecule has 0 unspecified atom stereocenters. The van der Waals surface area contributed by atoms with E-state index in [0.29, 0.717) is 0 Å². The number of benzene rings is 3. The molecule has 0 N–H and O–H groups in total.